The van der Waals surface area contributed by atoms with Crippen LogP contribution >= 0.6 is 0 Å². The number of hydrogen-bond donors (Lipinski definition) is 0. The molecular weight excluding hydrogens is 145 g/mol. The quantitative estimate of drug-likeness (QED) is 0.495. The smallest absolute Gasteiger partial charge is 0.228 e. The summed E-state index contributed by atoms with van der Waals surface area (Å²) in [5.41, 5.74) is -1.08. The first kappa shape index (κ1) is 7.11. The van der Waals surface area contributed by atoms with Crippen LogP contribution in [0.1, 0.15) is 6.92 Å². The molecule has 0 aromatic carbocycles. The molecule has 0 spiro atoms. The normalized spacial score (nSPS) is 18.0. The Kier molecular flexibility index (Phi) is 1.42. The number of halogens is 3. The number of aliphatic imine (C=N–C) groups is 1. The Morgan fingerprint density at radius 1 is 1.40 bits per heavy atom. The lowest BCUT2D eigenvalue weighted by molar-refractivity contribution is -0.0928. The van der Waals surface area contributed by atoms with Gasteiger partial charge in [0, 0.05) is 0 Å². The van der Waals surface area contributed by atoms with Crippen molar-refractivity contribution in [3.8, 4) is 0 Å². The zero-order chi connectivity index (χ0) is 7.78. The average molecular weight is 148 g/mol. The minimum atomic E-state index is -4.39. The van der Waals surface area contributed by atoms with E-state index in [0.29, 0.717) is 0 Å². The summed E-state index contributed by atoms with van der Waals surface area (Å²) < 4.78 is 35.3. The van der Waals surface area contributed by atoms with Crippen molar-refractivity contribution in [1.29, 1.82) is 0 Å². The molecule has 1 aliphatic rings. The Labute approximate surface area is 55.4 Å². The van der Waals surface area contributed by atoms with Gasteiger partial charge in [-0.15, -0.1) is 0 Å². The van der Waals surface area contributed by atoms with E-state index >= 15 is 0 Å². The molecule has 0 fully saturated rings. The monoisotopic (exact) mass is 148 g/mol. The highest BCUT2D eigenvalue weighted by atomic mass is 19.4. The van der Waals surface area contributed by atoms with E-state index in [1.165, 1.54) is 6.92 Å². The summed E-state index contributed by atoms with van der Waals surface area (Å²) >= 11 is 0. The third kappa shape index (κ3) is 1.12. The van der Waals surface area contributed by atoms with Gasteiger partial charge in [-0.1, -0.05) is 0 Å². The molecule has 0 saturated heterocycles. The van der Waals surface area contributed by atoms with E-state index in [-0.39, 0.29) is 5.70 Å². The van der Waals surface area contributed by atoms with Crippen molar-refractivity contribution in [3.63, 3.8) is 0 Å². The van der Waals surface area contributed by atoms with Gasteiger partial charge in [-0.3, -0.25) is 0 Å². The number of alkyl halides is 3. The second kappa shape index (κ2) is 2.00. The van der Waals surface area contributed by atoms with E-state index < -0.39 is 11.9 Å². The second-order valence-corrected chi connectivity index (χ2v) is 1.76. The number of hydrogen-bond acceptors (Lipinski definition) is 1. The van der Waals surface area contributed by atoms with Crippen molar-refractivity contribution in [3.05, 3.63) is 11.4 Å². The van der Waals surface area contributed by atoms with E-state index in [2.05, 4.69) is 10.3 Å². The first-order valence-corrected chi connectivity index (χ1v) is 2.46. The summed E-state index contributed by atoms with van der Waals surface area (Å²) in [6.07, 6.45) is -2.51. The van der Waals surface area contributed by atoms with Crippen molar-refractivity contribution in [2.75, 3.05) is 0 Å². The molecule has 2 radical (unpaired) electrons. The molecule has 0 aliphatic carbocycles. The molecule has 0 amide bonds. The summed E-state index contributed by atoms with van der Waals surface area (Å²) in [5, 5.41) is 3.23. The van der Waals surface area contributed by atoms with E-state index in [0.717, 1.165) is 0 Å². The highest BCUT2D eigenvalue weighted by Crippen LogP contribution is 2.29. The minimum absolute atomic E-state index is 0.132. The number of rotatable bonds is 0. The minimum Gasteiger partial charge on any atom is -0.228 e. The van der Waals surface area contributed by atoms with Gasteiger partial charge in [0.15, 0.2) is 12.0 Å². The van der Waals surface area contributed by atoms with E-state index in [1.54, 1.807) is 0 Å². The van der Waals surface area contributed by atoms with Gasteiger partial charge in [0.1, 0.15) is 0 Å². The van der Waals surface area contributed by atoms with Crippen LogP contribution in [-0.2, 0) is 0 Å². The highest BCUT2D eigenvalue weighted by molar-refractivity contribution is 5.63. The lowest BCUT2D eigenvalue weighted by Gasteiger charge is -2.03. The predicted octanol–water partition coefficient (Wildman–Crippen LogP) is 1.30. The van der Waals surface area contributed by atoms with Crippen LogP contribution in [0.3, 0.4) is 0 Å². The Morgan fingerprint density at radius 2 is 2.00 bits per heavy atom. The van der Waals surface area contributed by atoms with Gasteiger partial charge < -0.3 is 0 Å². The van der Waals surface area contributed by atoms with Crippen molar-refractivity contribution < 1.29 is 13.2 Å². The van der Waals surface area contributed by atoms with Crippen LogP contribution in [0, 0.1) is 0 Å². The summed E-state index contributed by atoms with van der Waals surface area (Å²) in [5.74, 6) is 0. The fourth-order valence-corrected chi connectivity index (χ4v) is 0.552. The molecule has 5 heteroatoms. The molecule has 0 saturated carbocycles. The fourth-order valence-electron chi connectivity index (χ4n) is 0.552. The average Bonchev–Trinajstić information content (AvgIpc) is 2.11. The van der Waals surface area contributed by atoms with Crippen LogP contribution in [-0.4, -0.2) is 12.5 Å². The third-order valence-corrected chi connectivity index (χ3v) is 0.991. The van der Waals surface area contributed by atoms with Gasteiger partial charge >= 0.3 is 6.18 Å². The summed E-state index contributed by atoms with van der Waals surface area (Å²) in [6, 6.07) is 0. The van der Waals surface area contributed by atoms with Crippen molar-refractivity contribution >= 4 is 6.34 Å². The van der Waals surface area contributed by atoms with E-state index in [4.69, 9.17) is 0 Å². The molecule has 0 atom stereocenters. The summed E-state index contributed by atoms with van der Waals surface area (Å²) in [4.78, 5) is 2.93. The van der Waals surface area contributed by atoms with Gasteiger partial charge in [0.05, 0.1) is 5.70 Å². The highest BCUT2D eigenvalue weighted by Gasteiger charge is 2.37. The lowest BCUT2D eigenvalue weighted by Crippen LogP contribution is -2.10. The van der Waals surface area contributed by atoms with Crippen molar-refractivity contribution in [2.24, 2.45) is 4.99 Å². The second-order valence-electron chi connectivity index (χ2n) is 1.76. The van der Waals surface area contributed by atoms with Crippen molar-refractivity contribution in [2.45, 2.75) is 13.1 Å². The van der Waals surface area contributed by atoms with Gasteiger partial charge in [-0.25, -0.2) is 10.3 Å². The first-order valence-electron chi connectivity index (χ1n) is 2.46. The summed E-state index contributed by atoms with van der Waals surface area (Å²) in [6.45, 7) is 1.24. The van der Waals surface area contributed by atoms with Crippen LogP contribution in [0.2, 0.25) is 0 Å². The van der Waals surface area contributed by atoms with Crippen molar-refractivity contribution in [1.82, 2.24) is 5.32 Å². The molecule has 0 bridgehead atoms. The molecule has 0 N–H and O–H groups in total. The van der Waals surface area contributed by atoms with Gasteiger partial charge in [0.2, 0.25) is 0 Å². The van der Waals surface area contributed by atoms with Crippen LogP contribution in [0.25, 0.3) is 0 Å². The number of nitrogens with zero attached hydrogens (tertiary/aromatic N) is 2. The Hall–Kier alpha value is -1.00. The fraction of sp³-hybridized carbons (Fsp3) is 0.400. The van der Waals surface area contributed by atoms with Crippen LogP contribution in [0.5, 0.6) is 0 Å². The molecule has 1 aliphatic heterocycles. The van der Waals surface area contributed by atoms with Crippen LogP contribution in [0.4, 0.5) is 13.2 Å². The topological polar surface area (TPSA) is 26.5 Å². The Bertz CT molecular complexity index is 201. The van der Waals surface area contributed by atoms with E-state index in [9.17, 15) is 13.2 Å². The largest absolute Gasteiger partial charge is 0.435 e. The molecule has 10 heavy (non-hydrogen) atoms. The summed E-state index contributed by atoms with van der Waals surface area (Å²) in [7, 11) is 0. The molecule has 0 unspecified atom stereocenters. The van der Waals surface area contributed by atoms with Gasteiger partial charge in [-0.2, -0.15) is 13.2 Å². The molecular formula is C5H3F3N2. The number of allylic oxidation sites excluding steroid dienone is 2. The Balaban J connectivity index is 2.91. The van der Waals surface area contributed by atoms with E-state index in [1.807, 2.05) is 6.34 Å². The maximum Gasteiger partial charge on any atom is 0.435 e. The Morgan fingerprint density at radius 3 is 2.20 bits per heavy atom. The van der Waals surface area contributed by atoms with Gasteiger partial charge in [0.25, 0.3) is 0 Å². The van der Waals surface area contributed by atoms with Crippen LogP contribution < -0.4 is 5.32 Å². The maximum absolute atomic E-state index is 11.8. The third-order valence-electron chi connectivity index (χ3n) is 0.991. The molecule has 0 aromatic heterocycles. The van der Waals surface area contributed by atoms with Gasteiger partial charge in [-0.05, 0) is 6.92 Å². The van der Waals surface area contributed by atoms with Crippen LogP contribution in [0.15, 0.2) is 16.4 Å². The lowest BCUT2D eigenvalue weighted by atomic mass is 10.3. The zero-order valence-electron chi connectivity index (χ0n) is 5.03. The molecule has 54 valence electrons. The first-order chi connectivity index (χ1) is 4.52. The molecule has 1 rings (SSSR count). The molecule has 1 heterocycles. The standard InChI is InChI=1S/C5H3F3N2/c1-3-4(5(6,7)8)10-2-9-3/h1H3. The SMILES string of the molecule is CC1=C(C(F)(F)F)N=[C][N]1. The maximum atomic E-state index is 11.8. The predicted molar refractivity (Wildman–Crippen MR) is 28.3 cm³/mol. The molecule has 0 aromatic rings. The molecule has 2 nitrogen and oxygen atoms in total. The zero-order valence-corrected chi connectivity index (χ0v) is 5.03.